The summed E-state index contributed by atoms with van der Waals surface area (Å²) >= 11 is 3.21. The predicted molar refractivity (Wildman–Crippen MR) is 106 cm³/mol. The van der Waals surface area contributed by atoms with Crippen molar-refractivity contribution in [3.8, 4) is 0 Å². The van der Waals surface area contributed by atoms with Gasteiger partial charge < -0.3 is 10.4 Å². The van der Waals surface area contributed by atoms with Gasteiger partial charge in [-0.2, -0.15) is 0 Å². The van der Waals surface area contributed by atoms with Crippen molar-refractivity contribution in [3.63, 3.8) is 0 Å². The van der Waals surface area contributed by atoms with E-state index in [-0.39, 0.29) is 6.61 Å². The molecule has 0 bridgehead atoms. The molecule has 0 amide bonds. The van der Waals surface area contributed by atoms with Gasteiger partial charge in [0.2, 0.25) is 0 Å². The second-order valence-corrected chi connectivity index (χ2v) is 8.40. The van der Waals surface area contributed by atoms with Gasteiger partial charge in [0.05, 0.1) is 16.8 Å². The van der Waals surface area contributed by atoms with Crippen LogP contribution in [0.5, 0.6) is 0 Å². The number of nitrogens with one attached hydrogen (secondary N) is 1. The molecule has 5 nitrogen and oxygen atoms in total. The highest BCUT2D eigenvalue weighted by atomic mass is 32.2. The highest BCUT2D eigenvalue weighted by molar-refractivity contribution is 7.98. The van der Waals surface area contributed by atoms with E-state index in [2.05, 4.69) is 24.1 Å². The lowest BCUT2D eigenvalue weighted by Gasteiger charge is -2.12. The molecule has 0 spiro atoms. The van der Waals surface area contributed by atoms with Crippen LogP contribution in [0.3, 0.4) is 0 Å². The number of aryl methyl sites for hydroxylation is 1. The number of fused-ring (bicyclic) bond motifs is 5. The molecule has 3 aromatic rings. The van der Waals surface area contributed by atoms with Crippen LogP contribution in [0.1, 0.15) is 43.0 Å². The molecule has 0 saturated carbocycles. The predicted octanol–water partition coefficient (Wildman–Crippen LogP) is 3.98. The third-order valence-electron chi connectivity index (χ3n) is 4.68. The van der Waals surface area contributed by atoms with Gasteiger partial charge in [0, 0.05) is 17.6 Å². The average molecular weight is 375 g/mol. The molecule has 0 radical (unpaired) electrons. The smallest absolute Gasteiger partial charge is 0.189 e. The molecule has 0 unspecified atom stereocenters. The number of nitrogens with zero attached hydrogens (tertiary/aromatic N) is 3. The molecule has 3 heterocycles. The molecule has 0 fully saturated rings. The number of pyridine rings is 1. The molecule has 3 aromatic heterocycles. The SMILES string of the molecule is CSc1nc(NCCO)c2sc3nc(C(C)C)c4c(c3c2n1)CCC4. The Balaban J connectivity index is 2.05. The maximum atomic E-state index is 9.17. The van der Waals surface area contributed by atoms with Gasteiger partial charge in [-0.15, -0.1) is 11.3 Å². The molecule has 1 aliphatic rings. The van der Waals surface area contributed by atoms with Crippen molar-refractivity contribution in [1.82, 2.24) is 15.0 Å². The molecule has 4 rings (SSSR count). The molecule has 0 aromatic carbocycles. The number of aliphatic hydroxyl groups is 1. The summed E-state index contributed by atoms with van der Waals surface area (Å²) in [4.78, 5) is 15.5. The van der Waals surface area contributed by atoms with Gasteiger partial charge in [-0.1, -0.05) is 25.6 Å². The molecular formula is C18H22N4OS2. The summed E-state index contributed by atoms with van der Waals surface area (Å²) in [5.74, 6) is 1.24. The third kappa shape index (κ3) is 2.78. The normalized spacial score (nSPS) is 14.0. The van der Waals surface area contributed by atoms with Crippen molar-refractivity contribution in [2.45, 2.75) is 44.2 Å². The highest BCUT2D eigenvalue weighted by Crippen LogP contribution is 2.43. The van der Waals surface area contributed by atoms with E-state index in [1.807, 2.05) is 6.26 Å². The Morgan fingerprint density at radius 2 is 2.00 bits per heavy atom. The fourth-order valence-electron chi connectivity index (χ4n) is 3.64. The zero-order valence-corrected chi connectivity index (χ0v) is 16.4. The van der Waals surface area contributed by atoms with E-state index in [4.69, 9.17) is 9.97 Å². The fourth-order valence-corrected chi connectivity index (χ4v) is 5.12. The van der Waals surface area contributed by atoms with E-state index >= 15 is 0 Å². The van der Waals surface area contributed by atoms with E-state index in [0.717, 1.165) is 38.9 Å². The minimum absolute atomic E-state index is 0.0795. The minimum Gasteiger partial charge on any atom is -0.395 e. The molecule has 25 heavy (non-hydrogen) atoms. The van der Waals surface area contributed by atoms with Crippen molar-refractivity contribution in [1.29, 1.82) is 0 Å². The maximum absolute atomic E-state index is 9.17. The van der Waals surface area contributed by atoms with Gasteiger partial charge in [-0.05, 0) is 42.6 Å². The maximum Gasteiger partial charge on any atom is 0.189 e. The van der Waals surface area contributed by atoms with E-state index in [1.54, 1.807) is 23.1 Å². The van der Waals surface area contributed by atoms with Gasteiger partial charge in [0.1, 0.15) is 10.6 Å². The Morgan fingerprint density at radius 3 is 2.72 bits per heavy atom. The molecular weight excluding hydrogens is 352 g/mol. The quantitative estimate of drug-likeness (QED) is 0.520. The zero-order chi connectivity index (χ0) is 17.6. The first-order valence-corrected chi connectivity index (χ1v) is 10.7. The standard InChI is InChI=1S/C18H22N4OS2/c1-9(2)13-11-6-4-5-10(11)12-14-15(25-17(12)20-13)16(19-7-8-23)22-18(21-14)24-3/h9,23H,4-8H2,1-3H3,(H,19,21,22). The van der Waals surface area contributed by atoms with E-state index in [9.17, 15) is 5.11 Å². The first kappa shape index (κ1) is 17.0. The molecule has 0 saturated heterocycles. The van der Waals surface area contributed by atoms with Crippen molar-refractivity contribution < 1.29 is 5.11 Å². The number of hydrogen-bond acceptors (Lipinski definition) is 7. The second-order valence-electron chi connectivity index (χ2n) is 6.63. The number of anilines is 1. The first-order valence-electron chi connectivity index (χ1n) is 8.68. The minimum atomic E-state index is 0.0795. The van der Waals surface area contributed by atoms with E-state index in [1.165, 1.54) is 28.6 Å². The summed E-state index contributed by atoms with van der Waals surface area (Å²) in [5, 5.41) is 14.4. The summed E-state index contributed by atoms with van der Waals surface area (Å²) in [6, 6.07) is 0. The molecule has 1 aliphatic carbocycles. The summed E-state index contributed by atoms with van der Waals surface area (Å²) in [6.45, 7) is 5.01. The lowest BCUT2D eigenvalue weighted by molar-refractivity contribution is 0.311. The highest BCUT2D eigenvalue weighted by Gasteiger charge is 2.25. The van der Waals surface area contributed by atoms with Crippen molar-refractivity contribution >= 4 is 49.3 Å². The molecule has 2 N–H and O–H groups in total. The molecule has 7 heteroatoms. The number of hydrogen-bond donors (Lipinski definition) is 2. The number of rotatable bonds is 5. The van der Waals surface area contributed by atoms with Crippen LogP contribution in [0.4, 0.5) is 5.82 Å². The second kappa shape index (κ2) is 6.70. The van der Waals surface area contributed by atoms with Gasteiger partial charge >= 0.3 is 0 Å². The van der Waals surface area contributed by atoms with Crippen LogP contribution in [-0.4, -0.2) is 39.5 Å². The summed E-state index contributed by atoms with van der Waals surface area (Å²) in [5.41, 5.74) is 5.14. The Morgan fingerprint density at radius 1 is 1.20 bits per heavy atom. The van der Waals surface area contributed by atoms with Crippen LogP contribution >= 0.6 is 23.1 Å². The van der Waals surface area contributed by atoms with Crippen molar-refractivity contribution in [2.75, 3.05) is 24.7 Å². The number of aliphatic hydroxyl groups excluding tert-OH is 1. The topological polar surface area (TPSA) is 70.9 Å². The average Bonchev–Trinajstić information content (AvgIpc) is 3.22. The summed E-state index contributed by atoms with van der Waals surface area (Å²) in [6.07, 6.45) is 5.42. The zero-order valence-electron chi connectivity index (χ0n) is 14.7. The summed E-state index contributed by atoms with van der Waals surface area (Å²) < 4.78 is 1.05. The first-order chi connectivity index (χ1) is 12.1. The lowest BCUT2D eigenvalue weighted by Crippen LogP contribution is -2.07. The van der Waals surface area contributed by atoms with Gasteiger partial charge in [0.25, 0.3) is 0 Å². The van der Waals surface area contributed by atoms with Crippen LogP contribution in [-0.2, 0) is 12.8 Å². The molecule has 132 valence electrons. The van der Waals surface area contributed by atoms with E-state index < -0.39 is 0 Å². The van der Waals surface area contributed by atoms with Crippen LogP contribution in [0.15, 0.2) is 5.16 Å². The van der Waals surface area contributed by atoms with Gasteiger partial charge in [-0.25, -0.2) is 15.0 Å². The van der Waals surface area contributed by atoms with Crippen LogP contribution in [0.25, 0.3) is 20.4 Å². The van der Waals surface area contributed by atoms with Gasteiger partial charge in [0.15, 0.2) is 5.16 Å². The number of aromatic nitrogens is 3. The Kier molecular flexibility index (Phi) is 4.56. The van der Waals surface area contributed by atoms with Crippen LogP contribution in [0, 0.1) is 0 Å². The van der Waals surface area contributed by atoms with Crippen LogP contribution < -0.4 is 5.32 Å². The fraction of sp³-hybridized carbons (Fsp3) is 0.500. The Bertz CT molecular complexity index is 952. The number of thiophene rings is 1. The third-order valence-corrected chi connectivity index (χ3v) is 6.31. The van der Waals surface area contributed by atoms with Crippen molar-refractivity contribution in [2.24, 2.45) is 0 Å². The Labute approximate surface area is 155 Å². The lowest BCUT2D eigenvalue weighted by atomic mass is 9.99. The van der Waals surface area contributed by atoms with E-state index in [0.29, 0.717) is 12.5 Å². The monoisotopic (exact) mass is 374 g/mol. The Hall–Kier alpha value is -1.44. The number of thioether (sulfide) groups is 1. The molecule has 0 atom stereocenters. The van der Waals surface area contributed by atoms with Gasteiger partial charge in [-0.3, -0.25) is 0 Å². The largest absolute Gasteiger partial charge is 0.395 e. The summed E-state index contributed by atoms with van der Waals surface area (Å²) in [7, 11) is 0. The van der Waals surface area contributed by atoms with Crippen LogP contribution in [0.2, 0.25) is 0 Å². The van der Waals surface area contributed by atoms with Crippen molar-refractivity contribution in [3.05, 3.63) is 16.8 Å². The molecule has 0 aliphatic heterocycles.